The standard InChI is InChI=1S/C14H21N5OS/c1-9-7-11-12(17-14(19-15)18-13(11)21-9)16-5-2-6-20-8-10-3-4-10/h7,10H,2-6,8,15H2,1H3,(H2,16,17,18,19). The van der Waals surface area contributed by atoms with E-state index in [1.807, 2.05) is 0 Å². The molecular formula is C14H21N5OS. The van der Waals surface area contributed by atoms with Crippen molar-refractivity contribution < 1.29 is 4.74 Å². The Kier molecular flexibility index (Phi) is 4.52. The fraction of sp³-hybridized carbons (Fsp3) is 0.571. The minimum Gasteiger partial charge on any atom is -0.381 e. The number of aryl methyl sites for hydroxylation is 1. The molecule has 0 atom stereocenters. The van der Waals surface area contributed by atoms with Crippen LogP contribution in [0, 0.1) is 12.8 Å². The summed E-state index contributed by atoms with van der Waals surface area (Å²) in [5.74, 6) is 7.53. The number of anilines is 2. The number of fused-ring (bicyclic) bond motifs is 1. The van der Waals surface area contributed by atoms with Crippen molar-refractivity contribution in [3.63, 3.8) is 0 Å². The number of hydrogen-bond donors (Lipinski definition) is 3. The summed E-state index contributed by atoms with van der Waals surface area (Å²) in [5, 5.41) is 4.41. The van der Waals surface area contributed by atoms with Gasteiger partial charge in [-0.15, -0.1) is 11.3 Å². The lowest BCUT2D eigenvalue weighted by Gasteiger charge is -2.08. The summed E-state index contributed by atoms with van der Waals surface area (Å²) >= 11 is 1.64. The van der Waals surface area contributed by atoms with Gasteiger partial charge in [-0.3, -0.25) is 5.43 Å². The van der Waals surface area contributed by atoms with Crippen LogP contribution in [-0.2, 0) is 4.74 Å². The molecule has 1 saturated carbocycles. The molecule has 0 unspecified atom stereocenters. The lowest BCUT2D eigenvalue weighted by molar-refractivity contribution is 0.124. The molecule has 0 radical (unpaired) electrons. The van der Waals surface area contributed by atoms with Crippen LogP contribution in [0.3, 0.4) is 0 Å². The van der Waals surface area contributed by atoms with E-state index in [-0.39, 0.29) is 0 Å². The SMILES string of the molecule is Cc1cc2c(NCCCOCC3CC3)nc(NN)nc2s1. The van der Waals surface area contributed by atoms with Gasteiger partial charge in [0.05, 0.1) is 5.39 Å². The maximum Gasteiger partial charge on any atom is 0.240 e. The van der Waals surface area contributed by atoms with Crippen LogP contribution in [0.1, 0.15) is 24.1 Å². The predicted molar refractivity (Wildman–Crippen MR) is 86.6 cm³/mol. The number of aromatic nitrogens is 2. The van der Waals surface area contributed by atoms with Crippen LogP contribution in [0.5, 0.6) is 0 Å². The summed E-state index contributed by atoms with van der Waals surface area (Å²) < 4.78 is 5.63. The molecule has 6 nitrogen and oxygen atoms in total. The van der Waals surface area contributed by atoms with Crippen LogP contribution < -0.4 is 16.6 Å². The third kappa shape index (κ3) is 3.81. The number of thiophene rings is 1. The Labute approximate surface area is 128 Å². The van der Waals surface area contributed by atoms with Crippen molar-refractivity contribution in [2.24, 2.45) is 11.8 Å². The molecule has 2 aromatic heterocycles. The first kappa shape index (κ1) is 14.5. The van der Waals surface area contributed by atoms with Crippen LogP contribution in [0.2, 0.25) is 0 Å². The fourth-order valence-corrected chi connectivity index (χ4v) is 3.04. The van der Waals surface area contributed by atoms with Gasteiger partial charge in [0.15, 0.2) is 0 Å². The normalized spacial score (nSPS) is 14.6. The van der Waals surface area contributed by atoms with Crippen molar-refractivity contribution in [2.45, 2.75) is 26.2 Å². The number of hydrogen-bond acceptors (Lipinski definition) is 7. The quantitative estimate of drug-likeness (QED) is 0.395. The van der Waals surface area contributed by atoms with Crippen LogP contribution in [-0.4, -0.2) is 29.7 Å². The van der Waals surface area contributed by atoms with E-state index in [9.17, 15) is 0 Å². The Hall–Kier alpha value is -1.44. The third-order valence-corrected chi connectivity index (χ3v) is 4.40. The van der Waals surface area contributed by atoms with E-state index in [0.29, 0.717) is 5.95 Å². The van der Waals surface area contributed by atoms with E-state index in [1.165, 1.54) is 17.7 Å². The van der Waals surface area contributed by atoms with Gasteiger partial charge in [0.25, 0.3) is 0 Å². The predicted octanol–water partition coefficient (Wildman–Crippen LogP) is 2.51. The molecule has 0 spiro atoms. The molecule has 0 aromatic carbocycles. The highest BCUT2D eigenvalue weighted by Gasteiger charge is 2.20. The van der Waals surface area contributed by atoms with Crippen molar-refractivity contribution in [3.05, 3.63) is 10.9 Å². The lowest BCUT2D eigenvalue weighted by Crippen LogP contribution is -2.13. The molecule has 2 aromatic rings. The molecule has 4 N–H and O–H groups in total. The Bertz CT molecular complexity index is 611. The first-order valence-corrected chi connectivity index (χ1v) is 8.14. The van der Waals surface area contributed by atoms with E-state index in [2.05, 4.69) is 33.7 Å². The van der Waals surface area contributed by atoms with Gasteiger partial charge in [-0.05, 0) is 38.2 Å². The Morgan fingerprint density at radius 1 is 1.43 bits per heavy atom. The van der Waals surface area contributed by atoms with Gasteiger partial charge in [-0.1, -0.05) is 0 Å². The Balaban J connectivity index is 1.56. The molecule has 21 heavy (non-hydrogen) atoms. The van der Waals surface area contributed by atoms with E-state index >= 15 is 0 Å². The highest BCUT2D eigenvalue weighted by molar-refractivity contribution is 7.18. The van der Waals surface area contributed by atoms with E-state index in [0.717, 1.165) is 48.1 Å². The fourth-order valence-electron chi connectivity index (χ4n) is 2.16. The molecule has 114 valence electrons. The Morgan fingerprint density at radius 2 is 2.29 bits per heavy atom. The minimum atomic E-state index is 0.442. The first-order valence-electron chi connectivity index (χ1n) is 7.32. The van der Waals surface area contributed by atoms with Crippen molar-refractivity contribution >= 4 is 33.3 Å². The number of nitrogen functional groups attached to an aromatic ring is 1. The topological polar surface area (TPSA) is 85.1 Å². The average molecular weight is 307 g/mol. The van der Waals surface area contributed by atoms with Crippen molar-refractivity contribution in [2.75, 3.05) is 30.5 Å². The Morgan fingerprint density at radius 3 is 3.05 bits per heavy atom. The molecule has 7 heteroatoms. The number of nitrogens with two attached hydrogens (primary N) is 1. The smallest absolute Gasteiger partial charge is 0.240 e. The maximum atomic E-state index is 5.63. The molecule has 0 aliphatic heterocycles. The van der Waals surface area contributed by atoms with E-state index in [4.69, 9.17) is 10.6 Å². The summed E-state index contributed by atoms with van der Waals surface area (Å²) in [6.07, 6.45) is 3.64. The number of rotatable bonds is 8. The molecule has 0 amide bonds. The van der Waals surface area contributed by atoms with Crippen molar-refractivity contribution in [1.82, 2.24) is 9.97 Å². The lowest BCUT2D eigenvalue weighted by atomic mass is 10.3. The second kappa shape index (κ2) is 6.55. The largest absolute Gasteiger partial charge is 0.381 e. The van der Waals surface area contributed by atoms with Crippen LogP contribution >= 0.6 is 11.3 Å². The molecular weight excluding hydrogens is 286 g/mol. The molecule has 1 fully saturated rings. The van der Waals surface area contributed by atoms with Gasteiger partial charge in [0.2, 0.25) is 5.95 Å². The van der Waals surface area contributed by atoms with E-state index in [1.54, 1.807) is 11.3 Å². The second-order valence-electron chi connectivity index (χ2n) is 5.41. The van der Waals surface area contributed by atoms with Gasteiger partial charge < -0.3 is 10.1 Å². The summed E-state index contributed by atoms with van der Waals surface area (Å²) in [6.45, 7) is 4.61. The highest BCUT2D eigenvalue weighted by Crippen LogP contribution is 2.30. The summed E-state index contributed by atoms with van der Waals surface area (Å²) in [6, 6.07) is 2.10. The van der Waals surface area contributed by atoms with Gasteiger partial charge in [0.1, 0.15) is 10.6 Å². The number of nitrogens with one attached hydrogen (secondary N) is 2. The summed E-state index contributed by atoms with van der Waals surface area (Å²) in [5.41, 5.74) is 2.52. The monoisotopic (exact) mass is 307 g/mol. The summed E-state index contributed by atoms with van der Waals surface area (Å²) in [4.78, 5) is 10.9. The highest BCUT2D eigenvalue weighted by atomic mass is 32.1. The zero-order valence-electron chi connectivity index (χ0n) is 12.2. The van der Waals surface area contributed by atoms with Crippen molar-refractivity contribution in [3.8, 4) is 0 Å². The maximum absolute atomic E-state index is 5.63. The number of hydrazine groups is 1. The van der Waals surface area contributed by atoms with Crippen molar-refractivity contribution in [1.29, 1.82) is 0 Å². The molecule has 1 aliphatic rings. The molecule has 3 rings (SSSR count). The molecule has 0 bridgehead atoms. The summed E-state index contributed by atoms with van der Waals surface area (Å²) in [7, 11) is 0. The van der Waals surface area contributed by atoms with Crippen LogP contribution in [0.25, 0.3) is 10.2 Å². The average Bonchev–Trinajstić information content (AvgIpc) is 3.22. The zero-order chi connectivity index (χ0) is 14.7. The molecule has 2 heterocycles. The molecule has 1 aliphatic carbocycles. The number of ether oxygens (including phenoxy) is 1. The minimum absolute atomic E-state index is 0.442. The van der Waals surface area contributed by atoms with E-state index < -0.39 is 0 Å². The second-order valence-corrected chi connectivity index (χ2v) is 6.65. The van der Waals surface area contributed by atoms with Gasteiger partial charge in [-0.25, -0.2) is 10.8 Å². The van der Waals surface area contributed by atoms with Gasteiger partial charge in [0, 0.05) is 24.6 Å². The third-order valence-electron chi connectivity index (χ3n) is 3.45. The van der Waals surface area contributed by atoms with Gasteiger partial charge in [-0.2, -0.15) is 4.98 Å². The number of nitrogens with zero attached hydrogens (tertiary/aromatic N) is 2. The first-order chi connectivity index (χ1) is 10.3. The van der Waals surface area contributed by atoms with Crippen LogP contribution in [0.4, 0.5) is 11.8 Å². The van der Waals surface area contributed by atoms with Crippen LogP contribution in [0.15, 0.2) is 6.07 Å². The zero-order valence-corrected chi connectivity index (χ0v) is 13.0. The van der Waals surface area contributed by atoms with Gasteiger partial charge >= 0.3 is 0 Å². The molecule has 0 saturated heterocycles.